The molecule has 0 bridgehead atoms. The number of piperidine rings is 1. The first-order valence-corrected chi connectivity index (χ1v) is 13.7. The maximum Gasteiger partial charge on any atom is 0.417 e. The molecule has 9 nitrogen and oxygen atoms in total. The minimum absolute atomic E-state index is 0.0307. The molecule has 4 heterocycles. The first-order chi connectivity index (χ1) is 19.5. The summed E-state index contributed by atoms with van der Waals surface area (Å²) in [6, 6.07) is 12.1. The van der Waals surface area contributed by atoms with Gasteiger partial charge in [0.05, 0.1) is 23.6 Å². The van der Waals surface area contributed by atoms with Crippen molar-refractivity contribution in [2.45, 2.75) is 37.8 Å². The highest BCUT2D eigenvalue weighted by Crippen LogP contribution is 2.43. The lowest BCUT2D eigenvalue weighted by molar-refractivity contribution is -0.136. The van der Waals surface area contributed by atoms with E-state index in [4.69, 9.17) is 5.73 Å². The van der Waals surface area contributed by atoms with Gasteiger partial charge in [-0.25, -0.2) is 9.78 Å². The monoisotopic (exact) mass is 587 g/mol. The molecular weight excluding hydrogens is 559 g/mol. The Labute approximate surface area is 237 Å². The lowest BCUT2D eigenvalue weighted by Gasteiger charge is -2.34. The fourth-order valence-corrected chi connectivity index (χ4v) is 5.92. The summed E-state index contributed by atoms with van der Waals surface area (Å²) in [6.45, 7) is 1.05. The van der Waals surface area contributed by atoms with Crippen LogP contribution in [0.1, 0.15) is 45.4 Å². The summed E-state index contributed by atoms with van der Waals surface area (Å²) in [5.41, 5.74) is 7.41. The second-order valence-electron chi connectivity index (χ2n) is 9.87. The molecule has 5 rings (SSSR count). The van der Waals surface area contributed by atoms with Crippen molar-refractivity contribution in [2.75, 3.05) is 30.3 Å². The van der Waals surface area contributed by atoms with E-state index in [9.17, 15) is 33.3 Å². The highest BCUT2D eigenvalue weighted by atomic mass is 32.1. The average Bonchev–Trinajstić information content (AvgIpc) is 3.31. The summed E-state index contributed by atoms with van der Waals surface area (Å²) in [7, 11) is 0. The molecule has 0 spiro atoms. The van der Waals surface area contributed by atoms with Gasteiger partial charge < -0.3 is 31.3 Å². The van der Waals surface area contributed by atoms with Crippen molar-refractivity contribution in [1.29, 1.82) is 0 Å². The molecule has 0 saturated carbocycles. The average molecular weight is 588 g/mol. The van der Waals surface area contributed by atoms with Crippen molar-refractivity contribution in [2.24, 2.45) is 0 Å². The molecule has 1 aromatic carbocycles. The van der Waals surface area contributed by atoms with Crippen molar-refractivity contribution in [3.05, 3.63) is 70.4 Å². The van der Waals surface area contributed by atoms with Crippen LogP contribution in [-0.4, -0.2) is 56.9 Å². The van der Waals surface area contributed by atoms with Gasteiger partial charge in [-0.15, -0.1) is 11.3 Å². The van der Waals surface area contributed by atoms with Gasteiger partial charge >= 0.3 is 12.1 Å². The Morgan fingerprint density at radius 3 is 2.56 bits per heavy atom. The van der Waals surface area contributed by atoms with Gasteiger partial charge in [-0.05, 0) is 42.2 Å². The zero-order valence-corrected chi connectivity index (χ0v) is 22.5. The fourth-order valence-electron chi connectivity index (χ4n) is 4.97. The number of thiophene rings is 1. The molecule has 13 heteroatoms. The number of aromatic carboxylic acids is 1. The van der Waals surface area contributed by atoms with E-state index in [0.29, 0.717) is 43.0 Å². The van der Waals surface area contributed by atoms with Gasteiger partial charge in [0.25, 0.3) is 0 Å². The van der Waals surface area contributed by atoms with E-state index in [0.717, 1.165) is 22.8 Å². The second-order valence-corrected chi connectivity index (χ2v) is 10.9. The molecule has 1 saturated heterocycles. The van der Waals surface area contributed by atoms with Crippen molar-refractivity contribution >= 4 is 39.0 Å². The molecule has 1 unspecified atom stereocenters. The highest BCUT2D eigenvalue weighted by molar-refractivity contribution is 7.21. The molecule has 0 amide bonds. The molecular formula is C28H28F3N5O4S. The first kappa shape index (κ1) is 28.7. The molecule has 0 radical (unpaired) electrons. The van der Waals surface area contributed by atoms with Crippen LogP contribution in [-0.2, 0) is 12.8 Å². The zero-order valence-electron chi connectivity index (χ0n) is 21.7. The fraction of sp³-hybridized carbons (Fsp3) is 0.321. The number of rotatable bonds is 8. The SMILES string of the molecule is Nc1c(C(=O)O)sc2nc(N3CCC(NCC(O)c4ccc(-c5cccc(CO)c5)cn4)CC3)cc(C(F)(F)F)c12. The van der Waals surface area contributed by atoms with Gasteiger partial charge in [-0.3, -0.25) is 4.98 Å². The lowest BCUT2D eigenvalue weighted by Crippen LogP contribution is -2.44. The molecule has 4 aromatic rings. The lowest BCUT2D eigenvalue weighted by atomic mass is 10.0. The number of aliphatic hydroxyl groups is 2. The normalized spacial score (nSPS) is 15.4. The number of aromatic nitrogens is 2. The number of nitrogens with zero attached hydrogens (tertiary/aromatic N) is 3. The van der Waals surface area contributed by atoms with E-state index < -0.39 is 29.5 Å². The molecule has 1 aliphatic heterocycles. The van der Waals surface area contributed by atoms with Crippen molar-refractivity contribution in [3.63, 3.8) is 0 Å². The van der Waals surface area contributed by atoms with Gasteiger partial charge in [0.1, 0.15) is 21.6 Å². The third-order valence-electron chi connectivity index (χ3n) is 7.17. The number of nitrogen functional groups attached to an aromatic ring is 1. The van der Waals surface area contributed by atoms with E-state index in [-0.39, 0.29) is 40.1 Å². The number of alkyl halides is 3. The predicted octanol–water partition coefficient (Wildman–Crippen LogP) is 4.44. The van der Waals surface area contributed by atoms with E-state index in [1.54, 1.807) is 17.2 Å². The molecule has 216 valence electrons. The summed E-state index contributed by atoms with van der Waals surface area (Å²) in [4.78, 5) is 21.5. The molecule has 1 fully saturated rings. The number of aliphatic hydroxyl groups excluding tert-OH is 2. The number of halogens is 3. The van der Waals surface area contributed by atoms with Gasteiger partial charge in [-0.2, -0.15) is 13.2 Å². The number of carboxylic acid groups (broad SMARTS) is 1. The summed E-state index contributed by atoms with van der Waals surface area (Å²) in [5.74, 6) is -1.27. The Kier molecular flexibility index (Phi) is 8.13. The number of hydrogen-bond donors (Lipinski definition) is 5. The molecule has 3 aromatic heterocycles. The maximum atomic E-state index is 13.9. The predicted molar refractivity (Wildman–Crippen MR) is 150 cm³/mol. The molecule has 41 heavy (non-hydrogen) atoms. The minimum atomic E-state index is -4.73. The van der Waals surface area contributed by atoms with Gasteiger partial charge in [0, 0.05) is 42.8 Å². The number of hydrogen-bond acceptors (Lipinski definition) is 9. The van der Waals surface area contributed by atoms with Crippen LogP contribution in [0.3, 0.4) is 0 Å². The maximum absolute atomic E-state index is 13.9. The number of anilines is 2. The highest BCUT2D eigenvalue weighted by Gasteiger charge is 2.37. The standard InChI is InChI=1S/C28H28F3N5O4S/c29-28(30,31)19-11-22(35-26-23(19)24(32)25(41-26)27(39)40)36-8-6-18(7-9-36)33-13-21(38)20-5-4-17(12-34-20)16-3-1-2-15(10-16)14-37/h1-5,10-12,18,21,33,37-38H,6-9,13-14,32H2,(H,39,40). The van der Waals surface area contributed by atoms with Crippen LogP contribution in [0.4, 0.5) is 24.7 Å². The van der Waals surface area contributed by atoms with Crippen LogP contribution in [0, 0.1) is 0 Å². The number of benzene rings is 1. The Morgan fingerprint density at radius 1 is 1.17 bits per heavy atom. The Balaban J connectivity index is 1.21. The summed E-state index contributed by atoms with van der Waals surface area (Å²) < 4.78 is 41.6. The largest absolute Gasteiger partial charge is 0.477 e. The van der Waals surface area contributed by atoms with Crippen molar-refractivity contribution < 1.29 is 33.3 Å². The molecule has 1 aliphatic rings. The first-order valence-electron chi connectivity index (χ1n) is 12.9. The summed E-state index contributed by atoms with van der Waals surface area (Å²) in [5, 5.41) is 32.3. The van der Waals surface area contributed by atoms with Gasteiger partial charge in [-0.1, -0.05) is 24.3 Å². The summed E-state index contributed by atoms with van der Waals surface area (Å²) >= 11 is 0.633. The second kappa shape index (κ2) is 11.6. The third-order valence-corrected chi connectivity index (χ3v) is 8.26. The van der Waals surface area contributed by atoms with Gasteiger partial charge in [0.15, 0.2) is 0 Å². The number of nitrogens with one attached hydrogen (secondary N) is 1. The van der Waals surface area contributed by atoms with Crippen LogP contribution < -0.4 is 16.0 Å². The van der Waals surface area contributed by atoms with Gasteiger partial charge in [0.2, 0.25) is 0 Å². The number of nitrogens with two attached hydrogens (primary N) is 1. The van der Waals surface area contributed by atoms with Crippen LogP contribution in [0.25, 0.3) is 21.3 Å². The molecule has 1 atom stereocenters. The number of pyridine rings is 2. The van der Waals surface area contributed by atoms with Crippen LogP contribution in [0.2, 0.25) is 0 Å². The quantitative estimate of drug-likeness (QED) is 0.202. The smallest absolute Gasteiger partial charge is 0.417 e. The van der Waals surface area contributed by atoms with E-state index in [2.05, 4.69) is 15.3 Å². The van der Waals surface area contributed by atoms with E-state index in [1.165, 1.54) is 0 Å². The third kappa shape index (κ3) is 6.12. The minimum Gasteiger partial charge on any atom is -0.477 e. The van der Waals surface area contributed by atoms with E-state index in [1.807, 2.05) is 30.3 Å². The Hall–Kier alpha value is -3.78. The Morgan fingerprint density at radius 2 is 1.93 bits per heavy atom. The topological polar surface area (TPSA) is 145 Å². The van der Waals surface area contributed by atoms with Crippen molar-refractivity contribution in [1.82, 2.24) is 15.3 Å². The molecule has 0 aliphatic carbocycles. The molecule has 6 N–H and O–H groups in total. The van der Waals surface area contributed by atoms with Crippen LogP contribution in [0.15, 0.2) is 48.7 Å². The number of carboxylic acids is 1. The van der Waals surface area contributed by atoms with Crippen LogP contribution >= 0.6 is 11.3 Å². The Bertz CT molecular complexity index is 1550. The van der Waals surface area contributed by atoms with E-state index >= 15 is 0 Å². The number of carbonyl (C=O) groups is 1. The zero-order chi connectivity index (χ0) is 29.3. The van der Waals surface area contributed by atoms with Crippen molar-refractivity contribution in [3.8, 4) is 11.1 Å². The van der Waals surface area contributed by atoms with Crippen LogP contribution in [0.5, 0.6) is 0 Å². The summed E-state index contributed by atoms with van der Waals surface area (Å²) in [6.07, 6.45) is -2.69. The number of fused-ring (bicyclic) bond motifs is 1.